The lowest BCUT2D eigenvalue weighted by atomic mass is 10.1. The summed E-state index contributed by atoms with van der Waals surface area (Å²) in [4.78, 5) is 0.992. The Hall–Kier alpha value is -0.650. The molecular weight excluding hydrogens is 346 g/mol. The van der Waals surface area contributed by atoms with Crippen LogP contribution in [0, 0.1) is 0 Å². The topological polar surface area (TPSA) is 9.23 Å². The Morgan fingerprint density at radius 1 is 1.11 bits per heavy atom. The highest BCUT2D eigenvalue weighted by Crippen LogP contribution is 2.36. The fraction of sp³-hybridized carbons (Fsp3) is 0.167. The molecule has 0 fully saturated rings. The van der Waals surface area contributed by atoms with Crippen molar-refractivity contribution in [2.45, 2.75) is 12.0 Å². The van der Waals surface area contributed by atoms with E-state index in [9.17, 15) is 8.78 Å². The Bertz CT molecular complexity index is 515. The van der Waals surface area contributed by atoms with E-state index in [1.54, 1.807) is 12.1 Å². The van der Waals surface area contributed by atoms with Crippen molar-refractivity contribution in [3.05, 3.63) is 50.6 Å². The van der Waals surface area contributed by atoms with Gasteiger partial charge in [0, 0.05) is 4.88 Å². The van der Waals surface area contributed by atoms with Gasteiger partial charge in [0.25, 0.3) is 0 Å². The molecule has 0 aliphatic heterocycles. The van der Waals surface area contributed by atoms with Crippen molar-refractivity contribution in [2.24, 2.45) is 0 Å². The Morgan fingerprint density at radius 2 is 1.78 bits per heavy atom. The highest BCUT2D eigenvalue weighted by molar-refractivity contribution is 9.11. The van der Waals surface area contributed by atoms with Crippen molar-refractivity contribution in [2.75, 3.05) is 0 Å². The second-order valence-electron chi connectivity index (χ2n) is 3.45. The number of thiophene rings is 1. The van der Waals surface area contributed by atoms with Gasteiger partial charge in [-0.1, -0.05) is 12.1 Å². The molecule has 1 unspecified atom stereocenters. The minimum absolute atomic E-state index is 0.130. The third kappa shape index (κ3) is 3.43. The SMILES string of the molecule is FC(F)Oc1ccc(C(Cl)c2ccc(Br)s2)cc1. The molecule has 18 heavy (non-hydrogen) atoms. The summed E-state index contributed by atoms with van der Waals surface area (Å²) in [7, 11) is 0. The van der Waals surface area contributed by atoms with E-state index in [1.165, 1.54) is 23.5 Å². The van der Waals surface area contributed by atoms with Crippen LogP contribution in [-0.2, 0) is 0 Å². The van der Waals surface area contributed by atoms with Crippen LogP contribution in [0.25, 0.3) is 0 Å². The second kappa shape index (κ2) is 5.99. The van der Waals surface area contributed by atoms with Gasteiger partial charge in [0.05, 0.1) is 9.16 Å². The first-order valence-electron chi connectivity index (χ1n) is 5.00. The van der Waals surface area contributed by atoms with Crippen LogP contribution in [0.5, 0.6) is 5.75 Å². The van der Waals surface area contributed by atoms with Crippen molar-refractivity contribution in [1.29, 1.82) is 0 Å². The largest absolute Gasteiger partial charge is 0.435 e. The molecular formula is C12H8BrClF2OS. The number of ether oxygens (including phenoxy) is 1. The molecule has 0 radical (unpaired) electrons. The molecule has 1 heterocycles. The molecule has 1 atom stereocenters. The fourth-order valence-electron chi connectivity index (χ4n) is 1.45. The van der Waals surface area contributed by atoms with E-state index < -0.39 is 6.61 Å². The van der Waals surface area contributed by atoms with Crippen LogP contribution in [0.2, 0.25) is 0 Å². The predicted molar refractivity (Wildman–Crippen MR) is 72.8 cm³/mol. The number of hydrogen-bond donors (Lipinski definition) is 0. The quantitative estimate of drug-likeness (QED) is 0.665. The van der Waals surface area contributed by atoms with E-state index in [1.807, 2.05) is 12.1 Å². The zero-order chi connectivity index (χ0) is 13.1. The first kappa shape index (κ1) is 13.8. The van der Waals surface area contributed by atoms with E-state index >= 15 is 0 Å². The maximum Gasteiger partial charge on any atom is 0.387 e. The summed E-state index contributed by atoms with van der Waals surface area (Å²) >= 11 is 11.2. The van der Waals surface area contributed by atoms with Gasteiger partial charge in [0.2, 0.25) is 0 Å². The summed E-state index contributed by atoms with van der Waals surface area (Å²) in [6.45, 7) is -2.81. The molecule has 0 saturated carbocycles. The lowest BCUT2D eigenvalue weighted by molar-refractivity contribution is -0.0498. The van der Waals surface area contributed by atoms with Crippen LogP contribution in [0.4, 0.5) is 8.78 Å². The van der Waals surface area contributed by atoms with Crippen LogP contribution in [0.3, 0.4) is 0 Å². The van der Waals surface area contributed by atoms with E-state index in [0.717, 1.165) is 14.2 Å². The number of alkyl halides is 3. The molecule has 0 spiro atoms. The molecule has 1 aromatic heterocycles. The Morgan fingerprint density at radius 3 is 2.28 bits per heavy atom. The maximum atomic E-state index is 12.0. The standard InChI is InChI=1S/C12H8BrClF2OS/c13-10-6-5-9(18-10)11(14)7-1-3-8(4-2-7)17-12(15)16/h1-6,11-12H. The molecule has 96 valence electrons. The molecule has 1 aromatic carbocycles. The lowest BCUT2D eigenvalue weighted by Crippen LogP contribution is -2.01. The minimum Gasteiger partial charge on any atom is -0.435 e. The molecule has 0 amide bonds. The average Bonchev–Trinajstić information content (AvgIpc) is 2.75. The van der Waals surface area contributed by atoms with Crippen molar-refractivity contribution in [3.8, 4) is 5.75 Å². The first-order chi connectivity index (χ1) is 8.56. The molecule has 0 bridgehead atoms. The first-order valence-corrected chi connectivity index (χ1v) is 7.05. The summed E-state index contributed by atoms with van der Waals surface area (Å²) < 4.78 is 29.3. The van der Waals surface area contributed by atoms with Gasteiger partial charge < -0.3 is 4.74 Å². The maximum absolute atomic E-state index is 12.0. The summed E-state index contributed by atoms with van der Waals surface area (Å²) in [5.74, 6) is 0.130. The molecule has 0 N–H and O–H groups in total. The number of halogens is 4. The van der Waals surface area contributed by atoms with Crippen molar-refractivity contribution >= 4 is 38.9 Å². The Labute approximate surface area is 120 Å². The molecule has 0 aliphatic carbocycles. The molecule has 1 nitrogen and oxygen atoms in total. The van der Waals surface area contributed by atoms with Crippen LogP contribution < -0.4 is 4.74 Å². The Balaban J connectivity index is 2.14. The molecule has 0 aliphatic rings. The van der Waals surface area contributed by atoms with E-state index in [2.05, 4.69) is 20.7 Å². The molecule has 2 aromatic rings. The summed E-state index contributed by atoms with van der Waals surface area (Å²) in [5.41, 5.74) is 0.840. The minimum atomic E-state index is -2.81. The lowest BCUT2D eigenvalue weighted by Gasteiger charge is -2.09. The van der Waals surface area contributed by atoms with Crippen molar-refractivity contribution in [3.63, 3.8) is 0 Å². The van der Waals surface area contributed by atoms with Gasteiger partial charge in [-0.3, -0.25) is 0 Å². The fourth-order valence-corrected chi connectivity index (χ4v) is 3.23. The second-order valence-corrected chi connectivity index (χ2v) is 6.38. The highest BCUT2D eigenvalue weighted by atomic mass is 79.9. The van der Waals surface area contributed by atoms with Gasteiger partial charge in [0.1, 0.15) is 5.75 Å². The monoisotopic (exact) mass is 352 g/mol. The third-order valence-electron chi connectivity index (χ3n) is 2.24. The molecule has 2 rings (SSSR count). The highest BCUT2D eigenvalue weighted by Gasteiger charge is 2.13. The van der Waals surface area contributed by atoms with Crippen LogP contribution in [0.15, 0.2) is 40.2 Å². The number of benzene rings is 1. The average molecular weight is 354 g/mol. The van der Waals surface area contributed by atoms with Crippen LogP contribution >= 0.6 is 38.9 Å². The van der Waals surface area contributed by atoms with E-state index in [0.29, 0.717) is 0 Å². The van der Waals surface area contributed by atoms with Crippen LogP contribution in [0.1, 0.15) is 15.8 Å². The van der Waals surface area contributed by atoms with Gasteiger partial charge in [-0.15, -0.1) is 22.9 Å². The van der Waals surface area contributed by atoms with Crippen molar-refractivity contribution < 1.29 is 13.5 Å². The van der Waals surface area contributed by atoms with Gasteiger partial charge in [-0.2, -0.15) is 8.78 Å². The van der Waals surface area contributed by atoms with E-state index in [-0.39, 0.29) is 11.1 Å². The van der Waals surface area contributed by atoms with Gasteiger partial charge in [-0.25, -0.2) is 0 Å². The van der Waals surface area contributed by atoms with Gasteiger partial charge in [-0.05, 0) is 45.8 Å². The number of hydrogen-bond acceptors (Lipinski definition) is 2. The van der Waals surface area contributed by atoms with Crippen molar-refractivity contribution in [1.82, 2.24) is 0 Å². The van der Waals surface area contributed by atoms with E-state index in [4.69, 9.17) is 11.6 Å². The van der Waals surface area contributed by atoms with Crippen LogP contribution in [-0.4, -0.2) is 6.61 Å². The summed E-state index contributed by atoms with van der Waals surface area (Å²) in [6.07, 6.45) is 0. The predicted octanol–water partition coefficient (Wildman–Crippen LogP) is 5.44. The number of rotatable bonds is 4. The summed E-state index contributed by atoms with van der Waals surface area (Å²) in [5, 5.41) is -0.290. The zero-order valence-corrected chi connectivity index (χ0v) is 12.1. The van der Waals surface area contributed by atoms with Gasteiger partial charge >= 0.3 is 6.61 Å². The zero-order valence-electron chi connectivity index (χ0n) is 8.95. The normalized spacial score (nSPS) is 12.7. The summed E-state index contributed by atoms with van der Waals surface area (Å²) in [6, 6.07) is 10.2. The van der Waals surface area contributed by atoms with Gasteiger partial charge in [0.15, 0.2) is 0 Å². The smallest absolute Gasteiger partial charge is 0.387 e. The Kier molecular flexibility index (Phi) is 4.59. The third-order valence-corrected chi connectivity index (χ3v) is 4.55. The molecule has 6 heteroatoms. The molecule has 0 saturated heterocycles.